The molecule has 0 aliphatic heterocycles. The summed E-state index contributed by atoms with van der Waals surface area (Å²) in [5.74, 6) is 0.516. The van der Waals surface area contributed by atoms with Crippen molar-refractivity contribution in [1.82, 2.24) is 24.7 Å². The second-order valence-corrected chi connectivity index (χ2v) is 5.97. The minimum absolute atomic E-state index is 0.185. The van der Waals surface area contributed by atoms with Crippen molar-refractivity contribution >= 4 is 23.4 Å². The Kier molecular flexibility index (Phi) is 4.27. The molecule has 0 amide bonds. The van der Waals surface area contributed by atoms with Gasteiger partial charge >= 0.3 is 5.69 Å². The first-order valence-corrected chi connectivity index (χ1v) is 7.82. The molecule has 0 atom stereocenters. The Morgan fingerprint density at radius 3 is 3.05 bits per heavy atom. The molecule has 1 saturated carbocycles. The Balaban J connectivity index is 1.84. The van der Waals surface area contributed by atoms with Crippen LogP contribution in [0.15, 0.2) is 21.0 Å². The van der Waals surface area contributed by atoms with Gasteiger partial charge < -0.3 is 4.74 Å². The maximum atomic E-state index is 11.7. The summed E-state index contributed by atoms with van der Waals surface area (Å²) in [5, 5.41) is 8.11. The number of nitrogens with zero attached hydrogens (tertiary/aromatic N) is 4. The third kappa shape index (κ3) is 3.45. The van der Waals surface area contributed by atoms with E-state index in [0.717, 1.165) is 12.8 Å². The first-order valence-electron chi connectivity index (χ1n) is 6.63. The van der Waals surface area contributed by atoms with Gasteiger partial charge in [-0.1, -0.05) is 11.6 Å². The van der Waals surface area contributed by atoms with E-state index in [1.54, 1.807) is 10.6 Å². The molecule has 0 aromatic carbocycles. The molecule has 21 heavy (non-hydrogen) atoms. The van der Waals surface area contributed by atoms with Crippen LogP contribution in [0.1, 0.15) is 31.6 Å². The van der Waals surface area contributed by atoms with Crippen molar-refractivity contribution in [3.05, 3.63) is 27.5 Å². The van der Waals surface area contributed by atoms with Crippen LogP contribution >= 0.6 is 23.4 Å². The SMILES string of the molecule is CCOCc1nc(Cl)cc(Sc2n[nH]c(=O)n2C2CC2)n1. The van der Waals surface area contributed by atoms with Crippen LogP contribution in [0.5, 0.6) is 0 Å². The van der Waals surface area contributed by atoms with Gasteiger partial charge in [-0.25, -0.2) is 19.9 Å². The largest absolute Gasteiger partial charge is 0.374 e. The molecule has 1 aliphatic carbocycles. The van der Waals surface area contributed by atoms with Crippen LogP contribution in [-0.2, 0) is 11.3 Å². The maximum absolute atomic E-state index is 11.7. The number of H-pyrrole nitrogens is 1. The van der Waals surface area contributed by atoms with E-state index in [-0.39, 0.29) is 11.7 Å². The second kappa shape index (κ2) is 6.17. The number of ether oxygens (including phenoxy) is 1. The van der Waals surface area contributed by atoms with Gasteiger partial charge in [-0.3, -0.25) is 4.57 Å². The molecule has 2 aromatic rings. The van der Waals surface area contributed by atoms with Gasteiger partial charge in [0, 0.05) is 18.7 Å². The minimum atomic E-state index is -0.185. The highest BCUT2D eigenvalue weighted by molar-refractivity contribution is 7.99. The molecule has 0 bridgehead atoms. The topological polar surface area (TPSA) is 85.7 Å². The molecular weight excluding hydrogens is 314 g/mol. The molecule has 7 nitrogen and oxygen atoms in total. The van der Waals surface area contributed by atoms with Crippen molar-refractivity contribution < 1.29 is 4.74 Å². The van der Waals surface area contributed by atoms with Gasteiger partial charge in [0.1, 0.15) is 16.8 Å². The van der Waals surface area contributed by atoms with E-state index in [2.05, 4.69) is 20.2 Å². The van der Waals surface area contributed by atoms with E-state index in [0.29, 0.717) is 34.4 Å². The van der Waals surface area contributed by atoms with Gasteiger partial charge in [-0.05, 0) is 31.5 Å². The zero-order valence-electron chi connectivity index (χ0n) is 11.4. The molecular formula is C12H14ClN5O2S. The maximum Gasteiger partial charge on any atom is 0.344 e. The molecule has 0 unspecified atom stereocenters. The van der Waals surface area contributed by atoms with Crippen molar-refractivity contribution in [2.24, 2.45) is 0 Å². The van der Waals surface area contributed by atoms with Crippen molar-refractivity contribution in [1.29, 1.82) is 0 Å². The zero-order valence-corrected chi connectivity index (χ0v) is 12.9. The van der Waals surface area contributed by atoms with E-state index in [9.17, 15) is 4.79 Å². The number of nitrogens with one attached hydrogen (secondary N) is 1. The molecule has 0 radical (unpaired) electrons. The van der Waals surface area contributed by atoms with Crippen molar-refractivity contribution in [3.8, 4) is 0 Å². The predicted octanol–water partition coefficient (Wildman–Crippen LogP) is 2.04. The number of halogens is 1. The quantitative estimate of drug-likeness (QED) is 0.817. The molecule has 3 rings (SSSR count). The van der Waals surface area contributed by atoms with Gasteiger partial charge in [0.15, 0.2) is 11.0 Å². The lowest BCUT2D eigenvalue weighted by atomic mass is 10.6. The Hall–Kier alpha value is -1.38. The standard InChI is InChI=1S/C12H14ClN5O2S/c1-2-20-6-9-14-8(13)5-10(15-9)21-12-17-16-11(19)18(12)7-3-4-7/h5,7H,2-4,6H2,1H3,(H,16,19). The normalized spacial score (nSPS) is 14.6. The first kappa shape index (κ1) is 14.6. The highest BCUT2D eigenvalue weighted by Crippen LogP contribution is 2.37. The Morgan fingerprint density at radius 2 is 2.33 bits per heavy atom. The lowest BCUT2D eigenvalue weighted by Crippen LogP contribution is -2.16. The van der Waals surface area contributed by atoms with Crippen LogP contribution in [0.4, 0.5) is 0 Å². The van der Waals surface area contributed by atoms with E-state index in [4.69, 9.17) is 16.3 Å². The lowest BCUT2D eigenvalue weighted by molar-refractivity contribution is 0.128. The number of hydrogen-bond acceptors (Lipinski definition) is 6. The molecule has 112 valence electrons. The summed E-state index contributed by atoms with van der Waals surface area (Å²) in [6, 6.07) is 1.90. The average Bonchev–Trinajstić information content (AvgIpc) is 3.21. The fourth-order valence-corrected chi connectivity index (χ4v) is 3.06. The van der Waals surface area contributed by atoms with Crippen LogP contribution in [0, 0.1) is 0 Å². The summed E-state index contributed by atoms with van der Waals surface area (Å²) < 4.78 is 6.96. The minimum Gasteiger partial charge on any atom is -0.374 e. The highest BCUT2D eigenvalue weighted by atomic mass is 35.5. The van der Waals surface area contributed by atoms with E-state index >= 15 is 0 Å². The lowest BCUT2D eigenvalue weighted by Gasteiger charge is -2.05. The van der Waals surface area contributed by atoms with Gasteiger partial charge in [-0.2, -0.15) is 0 Å². The van der Waals surface area contributed by atoms with Crippen LogP contribution in [0.2, 0.25) is 5.15 Å². The van der Waals surface area contributed by atoms with E-state index in [1.807, 2.05) is 6.92 Å². The molecule has 2 aromatic heterocycles. The average molecular weight is 328 g/mol. The molecule has 1 aliphatic rings. The fourth-order valence-electron chi connectivity index (χ4n) is 1.86. The Morgan fingerprint density at radius 1 is 1.52 bits per heavy atom. The summed E-state index contributed by atoms with van der Waals surface area (Å²) in [5.41, 5.74) is -0.185. The molecule has 1 fully saturated rings. The zero-order chi connectivity index (χ0) is 14.8. The van der Waals surface area contributed by atoms with Crippen LogP contribution in [-0.4, -0.2) is 31.3 Å². The summed E-state index contributed by atoms with van der Waals surface area (Å²) in [4.78, 5) is 20.2. The number of aromatic amines is 1. The van der Waals surface area contributed by atoms with Gasteiger partial charge in [0.05, 0.1) is 0 Å². The molecule has 1 N–H and O–H groups in total. The van der Waals surface area contributed by atoms with Crippen molar-refractivity contribution in [2.45, 2.75) is 42.6 Å². The van der Waals surface area contributed by atoms with Crippen LogP contribution < -0.4 is 5.69 Å². The van der Waals surface area contributed by atoms with Crippen molar-refractivity contribution in [2.75, 3.05) is 6.61 Å². The Labute approximate surface area is 130 Å². The molecule has 0 spiro atoms. The van der Waals surface area contributed by atoms with Gasteiger partial charge in [-0.15, -0.1) is 5.10 Å². The Bertz CT molecular complexity index is 697. The third-order valence-electron chi connectivity index (χ3n) is 2.93. The molecule has 9 heteroatoms. The summed E-state index contributed by atoms with van der Waals surface area (Å²) in [7, 11) is 0. The van der Waals surface area contributed by atoms with E-state index < -0.39 is 0 Å². The monoisotopic (exact) mass is 327 g/mol. The molecule has 0 saturated heterocycles. The first-order chi connectivity index (χ1) is 10.2. The highest BCUT2D eigenvalue weighted by Gasteiger charge is 2.29. The number of hydrogen-bond donors (Lipinski definition) is 1. The molecule has 2 heterocycles. The van der Waals surface area contributed by atoms with Crippen LogP contribution in [0.3, 0.4) is 0 Å². The summed E-state index contributed by atoms with van der Waals surface area (Å²) in [6.45, 7) is 2.79. The third-order valence-corrected chi connectivity index (χ3v) is 4.02. The van der Waals surface area contributed by atoms with Crippen LogP contribution in [0.25, 0.3) is 0 Å². The fraction of sp³-hybridized carbons (Fsp3) is 0.500. The summed E-state index contributed by atoms with van der Waals surface area (Å²) >= 11 is 7.29. The second-order valence-electron chi connectivity index (χ2n) is 4.60. The van der Waals surface area contributed by atoms with Crippen molar-refractivity contribution in [3.63, 3.8) is 0 Å². The van der Waals surface area contributed by atoms with E-state index in [1.165, 1.54) is 11.8 Å². The predicted molar refractivity (Wildman–Crippen MR) is 77.6 cm³/mol. The number of aromatic nitrogens is 5. The number of rotatable bonds is 6. The van der Waals surface area contributed by atoms with Gasteiger partial charge in [0.25, 0.3) is 0 Å². The smallest absolute Gasteiger partial charge is 0.344 e. The van der Waals surface area contributed by atoms with Gasteiger partial charge in [0.2, 0.25) is 0 Å². The summed E-state index contributed by atoms with van der Waals surface area (Å²) in [6.07, 6.45) is 2.01.